The number of rotatable bonds is 5. The lowest BCUT2D eigenvalue weighted by atomic mass is 10.0. The molecule has 1 unspecified atom stereocenters. The number of alkyl halides is 2. The Morgan fingerprint density at radius 2 is 1.94 bits per heavy atom. The van der Waals surface area contributed by atoms with E-state index in [1.54, 1.807) is 0 Å². The summed E-state index contributed by atoms with van der Waals surface area (Å²) >= 11 is 11.9. The van der Waals surface area contributed by atoms with Gasteiger partial charge in [-0.05, 0) is 32.1 Å². The van der Waals surface area contributed by atoms with Gasteiger partial charge in [-0.25, -0.2) is 0 Å². The van der Waals surface area contributed by atoms with E-state index >= 15 is 0 Å². The lowest BCUT2D eigenvalue weighted by molar-refractivity contribution is -0.125. The lowest BCUT2D eigenvalue weighted by Crippen LogP contribution is -2.34. The fourth-order valence-electron chi connectivity index (χ4n) is 2.73. The van der Waals surface area contributed by atoms with Gasteiger partial charge >= 0.3 is 0 Å². The van der Waals surface area contributed by atoms with Gasteiger partial charge in [-0.15, -0.1) is 23.2 Å². The molecule has 2 aliphatic carbocycles. The molecule has 0 aromatic rings. The smallest absolute Gasteiger partial charge is 0.229 e. The van der Waals surface area contributed by atoms with Gasteiger partial charge in [0.2, 0.25) is 5.91 Å². The third kappa shape index (κ3) is 2.90. The molecule has 1 N–H and O–H groups in total. The van der Waals surface area contributed by atoms with Crippen LogP contribution in [0.25, 0.3) is 0 Å². The van der Waals surface area contributed by atoms with Crippen molar-refractivity contribution in [3.8, 4) is 0 Å². The molecule has 98 valence electrons. The zero-order chi connectivity index (χ0) is 12.5. The highest BCUT2D eigenvalue weighted by Crippen LogP contribution is 2.63. The Kier molecular flexibility index (Phi) is 3.94. The van der Waals surface area contributed by atoms with Crippen LogP contribution in [0.15, 0.2) is 0 Å². The Morgan fingerprint density at radius 3 is 2.47 bits per heavy atom. The number of hydrogen-bond acceptors (Lipinski definition) is 1. The lowest BCUT2D eigenvalue weighted by Gasteiger charge is -2.13. The van der Waals surface area contributed by atoms with Gasteiger partial charge in [0.25, 0.3) is 0 Å². The molecule has 1 atom stereocenters. The van der Waals surface area contributed by atoms with Crippen LogP contribution in [-0.4, -0.2) is 16.8 Å². The Hall–Kier alpha value is 0.0500. The summed E-state index contributed by atoms with van der Waals surface area (Å²) in [5, 5.41) is 2.96. The Bertz CT molecular complexity index is 300. The fraction of sp³-hybridized carbons (Fsp3) is 0.923. The van der Waals surface area contributed by atoms with E-state index in [1.165, 1.54) is 32.1 Å². The van der Waals surface area contributed by atoms with Gasteiger partial charge in [0, 0.05) is 6.54 Å². The van der Waals surface area contributed by atoms with Crippen LogP contribution in [0, 0.1) is 11.3 Å². The predicted molar refractivity (Wildman–Crippen MR) is 71.4 cm³/mol. The Morgan fingerprint density at radius 1 is 1.35 bits per heavy atom. The molecule has 17 heavy (non-hydrogen) atoms. The molecular formula is C13H21Cl2NO. The quantitative estimate of drug-likeness (QED) is 0.603. The van der Waals surface area contributed by atoms with E-state index in [0.29, 0.717) is 6.42 Å². The fourth-order valence-corrected chi connectivity index (χ4v) is 3.44. The van der Waals surface area contributed by atoms with E-state index in [1.807, 2.05) is 6.92 Å². The van der Waals surface area contributed by atoms with Gasteiger partial charge in [-0.1, -0.05) is 25.7 Å². The van der Waals surface area contributed by atoms with E-state index in [9.17, 15) is 4.79 Å². The molecule has 0 spiro atoms. The number of amides is 1. The highest BCUT2D eigenvalue weighted by molar-refractivity contribution is 6.53. The molecule has 1 amide bonds. The first kappa shape index (κ1) is 13.5. The minimum atomic E-state index is -0.845. The Labute approximate surface area is 113 Å². The summed E-state index contributed by atoms with van der Waals surface area (Å²) in [6.45, 7) is 2.59. The second-order valence-corrected chi connectivity index (χ2v) is 7.25. The standard InChI is InChI=1S/C13H21Cl2NO/c1-12(9-13(12,14)15)11(17)16-8-4-7-10-5-2-3-6-10/h10H,2-9H2,1H3,(H,16,17). The average Bonchev–Trinajstić information content (AvgIpc) is 2.70. The molecule has 0 aromatic heterocycles. The summed E-state index contributed by atoms with van der Waals surface area (Å²) in [5.41, 5.74) is -0.566. The minimum Gasteiger partial charge on any atom is -0.356 e. The monoisotopic (exact) mass is 277 g/mol. The maximum Gasteiger partial charge on any atom is 0.229 e. The zero-order valence-corrected chi connectivity index (χ0v) is 11.9. The van der Waals surface area contributed by atoms with E-state index < -0.39 is 9.75 Å². The topological polar surface area (TPSA) is 29.1 Å². The third-order valence-corrected chi connectivity index (χ3v) is 5.41. The van der Waals surface area contributed by atoms with Gasteiger partial charge < -0.3 is 5.32 Å². The molecule has 2 aliphatic rings. The van der Waals surface area contributed by atoms with Gasteiger partial charge in [-0.3, -0.25) is 4.79 Å². The first-order chi connectivity index (χ1) is 7.96. The van der Waals surface area contributed by atoms with Gasteiger partial charge in [0.1, 0.15) is 4.33 Å². The van der Waals surface area contributed by atoms with Crippen molar-refractivity contribution >= 4 is 29.1 Å². The second kappa shape index (κ2) is 4.97. The van der Waals surface area contributed by atoms with Crippen molar-refractivity contribution < 1.29 is 4.79 Å². The summed E-state index contributed by atoms with van der Waals surface area (Å²) in [5.74, 6) is 0.900. The summed E-state index contributed by atoms with van der Waals surface area (Å²) in [6, 6.07) is 0. The number of carbonyl (C=O) groups excluding carboxylic acids is 1. The molecule has 4 heteroatoms. The van der Waals surface area contributed by atoms with Crippen molar-refractivity contribution in [1.82, 2.24) is 5.32 Å². The van der Waals surface area contributed by atoms with E-state index in [0.717, 1.165) is 18.9 Å². The van der Waals surface area contributed by atoms with E-state index in [2.05, 4.69) is 5.32 Å². The summed E-state index contributed by atoms with van der Waals surface area (Å²) < 4.78 is -0.845. The number of halogens is 2. The number of carbonyl (C=O) groups is 1. The summed E-state index contributed by atoms with van der Waals surface area (Å²) in [4.78, 5) is 11.9. The van der Waals surface area contributed by atoms with Crippen LogP contribution in [0.5, 0.6) is 0 Å². The zero-order valence-electron chi connectivity index (χ0n) is 10.4. The van der Waals surface area contributed by atoms with Crippen molar-refractivity contribution in [2.45, 2.75) is 56.2 Å². The molecule has 0 aromatic carbocycles. The number of nitrogens with one attached hydrogen (secondary N) is 1. The minimum absolute atomic E-state index is 0.00826. The van der Waals surface area contributed by atoms with Crippen molar-refractivity contribution in [2.75, 3.05) is 6.54 Å². The molecule has 2 saturated carbocycles. The van der Waals surface area contributed by atoms with Crippen LogP contribution in [0.1, 0.15) is 51.9 Å². The maximum atomic E-state index is 11.9. The summed E-state index contributed by atoms with van der Waals surface area (Å²) in [6.07, 6.45) is 8.40. The third-order valence-electron chi connectivity index (χ3n) is 4.31. The molecule has 0 saturated heterocycles. The molecular weight excluding hydrogens is 257 g/mol. The van der Waals surface area contributed by atoms with Crippen LogP contribution in [0.4, 0.5) is 0 Å². The van der Waals surface area contributed by atoms with Gasteiger partial charge in [0.15, 0.2) is 0 Å². The van der Waals surface area contributed by atoms with Crippen LogP contribution < -0.4 is 5.32 Å². The molecule has 2 rings (SSSR count). The predicted octanol–water partition coefficient (Wildman–Crippen LogP) is 3.66. The van der Waals surface area contributed by atoms with Crippen molar-refractivity contribution in [1.29, 1.82) is 0 Å². The van der Waals surface area contributed by atoms with Gasteiger partial charge in [0.05, 0.1) is 5.41 Å². The molecule has 0 aliphatic heterocycles. The SMILES string of the molecule is CC1(C(=O)NCCCC2CCCC2)CC1(Cl)Cl. The first-order valence-corrected chi connectivity index (χ1v) is 7.37. The highest BCUT2D eigenvalue weighted by Gasteiger charge is 2.67. The molecule has 2 fully saturated rings. The molecule has 0 heterocycles. The first-order valence-electron chi connectivity index (χ1n) is 6.62. The molecule has 0 bridgehead atoms. The Balaban J connectivity index is 1.61. The van der Waals surface area contributed by atoms with Crippen LogP contribution >= 0.6 is 23.2 Å². The summed E-state index contributed by atoms with van der Waals surface area (Å²) in [7, 11) is 0. The van der Waals surface area contributed by atoms with Crippen LogP contribution in [-0.2, 0) is 4.79 Å². The van der Waals surface area contributed by atoms with E-state index in [4.69, 9.17) is 23.2 Å². The van der Waals surface area contributed by atoms with Crippen LogP contribution in [0.3, 0.4) is 0 Å². The maximum absolute atomic E-state index is 11.9. The van der Waals surface area contributed by atoms with E-state index in [-0.39, 0.29) is 5.91 Å². The number of hydrogen-bond donors (Lipinski definition) is 1. The van der Waals surface area contributed by atoms with Crippen molar-refractivity contribution in [3.63, 3.8) is 0 Å². The second-order valence-electron chi connectivity index (χ2n) is 5.76. The highest BCUT2D eigenvalue weighted by atomic mass is 35.5. The van der Waals surface area contributed by atoms with Crippen molar-refractivity contribution in [3.05, 3.63) is 0 Å². The normalized spacial score (nSPS) is 31.5. The van der Waals surface area contributed by atoms with Gasteiger partial charge in [-0.2, -0.15) is 0 Å². The molecule has 0 radical (unpaired) electrons. The molecule has 2 nitrogen and oxygen atoms in total. The van der Waals surface area contributed by atoms with Crippen LogP contribution in [0.2, 0.25) is 0 Å². The largest absolute Gasteiger partial charge is 0.356 e. The average molecular weight is 278 g/mol. The van der Waals surface area contributed by atoms with Crippen molar-refractivity contribution in [2.24, 2.45) is 11.3 Å².